The van der Waals surface area contributed by atoms with Crippen molar-refractivity contribution in [3.05, 3.63) is 56.8 Å². The third-order valence-corrected chi connectivity index (χ3v) is 5.12. The number of hydrogen-bond acceptors (Lipinski definition) is 9. The number of rotatable bonds is 5. The quantitative estimate of drug-likeness (QED) is 0.316. The summed E-state index contributed by atoms with van der Waals surface area (Å²) >= 11 is 4.94. The highest BCUT2D eigenvalue weighted by Gasteiger charge is 2.24. The Hall–Kier alpha value is -2.92. The van der Waals surface area contributed by atoms with Crippen LogP contribution in [0.3, 0.4) is 0 Å². The van der Waals surface area contributed by atoms with Crippen LogP contribution in [0.1, 0.15) is 12.7 Å². The number of aromatic nitrogens is 3. The second-order valence-corrected chi connectivity index (χ2v) is 7.99. The molecule has 148 valence electrons. The van der Waals surface area contributed by atoms with E-state index in [4.69, 9.17) is 9.15 Å². The molecule has 3 aromatic rings. The van der Waals surface area contributed by atoms with Gasteiger partial charge in [0.05, 0.1) is 6.07 Å². The molecule has 3 heterocycles. The van der Waals surface area contributed by atoms with E-state index in [0.717, 1.165) is 21.5 Å². The van der Waals surface area contributed by atoms with E-state index in [1.165, 1.54) is 23.9 Å². The Morgan fingerprint density at radius 2 is 2.21 bits per heavy atom. The number of benzene rings is 1. The normalized spacial score (nSPS) is 15.2. The number of hydrogen-bond donors (Lipinski definition) is 1. The lowest BCUT2D eigenvalue weighted by atomic mass is 10.1. The zero-order chi connectivity index (χ0) is 20.4. The molecule has 1 aliphatic rings. The van der Waals surface area contributed by atoms with Gasteiger partial charge in [-0.15, -0.1) is 10.2 Å². The monoisotopic (exact) mass is 475 g/mol. The Labute approximate surface area is 177 Å². The number of thioether (sulfide) groups is 1. The maximum Gasteiger partial charge on any atom is 0.433 e. The summed E-state index contributed by atoms with van der Waals surface area (Å²) in [6, 6.07) is 8.52. The van der Waals surface area contributed by atoms with Crippen LogP contribution in [-0.2, 0) is 0 Å². The lowest BCUT2D eigenvalue weighted by Gasteiger charge is -2.15. The van der Waals surface area contributed by atoms with Gasteiger partial charge in [0, 0.05) is 15.7 Å². The fourth-order valence-corrected chi connectivity index (χ4v) is 3.55. The predicted molar refractivity (Wildman–Crippen MR) is 112 cm³/mol. The average Bonchev–Trinajstić information content (AvgIpc) is 3.12. The number of halogens is 1. The Morgan fingerprint density at radius 3 is 2.97 bits per heavy atom. The predicted octanol–water partition coefficient (Wildman–Crippen LogP) is 4.76. The van der Waals surface area contributed by atoms with E-state index in [9.17, 15) is 10.1 Å². The van der Waals surface area contributed by atoms with Crippen molar-refractivity contribution in [3.8, 4) is 17.1 Å². The minimum atomic E-state index is -0.600. The molecule has 0 aliphatic carbocycles. The summed E-state index contributed by atoms with van der Waals surface area (Å²) in [4.78, 5) is 14.7. The van der Waals surface area contributed by atoms with E-state index in [1.807, 2.05) is 25.1 Å². The summed E-state index contributed by atoms with van der Waals surface area (Å²) in [6.45, 7) is 2.00. The smallest absolute Gasteiger partial charge is 0.433 e. The number of ether oxygens (including phenoxy) is 1. The topological polar surface area (TPSA) is 116 Å². The van der Waals surface area contributed by atoms with Crippen LogP contribution in [0.2, 0.25) is 0 Å². The van der Waals surface area contributed by atoms with Crippen molar-refractivity contribution >= 4 is 45.3 Å². The van der Waals surface area contributed by atoms with Crippen molar-refractivity contribution in [1.29, 1.82) is 0 Å². The number of nitrogens with zero attached hydrogens (tertiary/aromatic N) is 4. The lowest BCUT2D eigenvalue weighted by Crippen LogP contribution is -2.23. The molecule has 1 aromatic carbocycles. The minimum absolute atomic E-state index is 0.321. The van der Waals surface area contributed by atoms with Gasteiger partial charge < -0.3 is 14.5 Å². The molecule has 1 atom stereocenters. The highest BCUT2D eigenvalue weighted by Crippen LogP contribution is 2.38. The zero-order valence-corrected chi connectivity index (χ0v) is 17.4. The molecule has 0 saturated heterocycles. The van der Waals surface area contributed by atoms with Gasteiger partial charge in [-0.05, 0) is 42.2 Å². The standard InChI is InChI=1S/C18H14BrN5O4S/c1-2-29-18-21-17-16(22-23-18)12-9-10(19)3-6-13(12)20-14(28-17)7-4-11-5-8-15(27-11)24(25)26/h3-9,14,20H,2H2,1H3/b7-4+/t14-/m1/s1. The molecule has 0 bridgehead atoms. The molecule has 4 rings (SSSR count). The van der Waals surface area contributed by atoms with E-state index in [0.29, 0.717) is 22.5 Å². The number of nitro groups is 1. The fourth-order valence-electron chi connectivity index (χ4n) is 2.68. The van der Waals surface area contributed by atoms with E-state index >= 15 is 0 Å². The molecule has 0 fully saturated rings. The molecule has 11 heteroatoms. The second kappa shape index (κ2) is 8.21. The summed E-state index contributed by atoms with van der Waals surface area (Å²) in [5, 5.41) is 23.1. The van der Waals surface area contributed by atoms with Crippen molar-refractivity contribution < 1.29 is 14.1 Å². The molecule has 0 saturated carbocycles. The van der Waals surface area contributed by atoms with Gasteiger partial charge in [-0.1, -0.05) is 34.6 Å². The van der Waals surface area contributed by atoms with Gasteiger partial charge in [0.2, 0.25) is 11.0 Å². The first-order chi connectivity index (χ1) is 14.0. The summed E-state index contributed by atoms with van der Waals surface area (Å²) in [7, 11) is 0. The highest BCUT2D eigenvalue weighted by molar-refractivity contribution is 9.10. The van der Waals surface area contributed by atoms with Crippen molar-refractivity contribution in [1.82, 2.24) is 15.2 Å². The Balaban J connectivity index is 1.70. The zero-order valence-electron chi connectivity index (χ0n) is 15.0. The molecule has 9 nitrogen and oxygen atoms in total. The molecule has 0 amide bonds. The van der Waals surface area contributed by atoms with Gasteiger partial charge in [-0.25, -0.2) is 0 Å². The number of nitrogens with one attached hydrogen (secondary N) is 1. The first-order valence-corrected chi connectivity index (χ1v) is 10.3. The highest BCUT2D eigenvalue weighted by atomic mass is 79.9. The third-order valence-electron chi connectivity index (χ3n) is 3.91. The van der Waals surface area contributed by atoms with Crippen LogP contribution in [0.5, 0.6) is 5.88 Å². The largest absolute Gasteiger partial charge is 0.448 e. The maximum absolute atomic E-state index is 10.8. The summed E-state index contributed by atoms with van der Waals surface area (Å²) in [5.41, 5.74) is 2.12. The van der Waals surface area contributed by atoms with Crippen molar-refractivity contribution in [2.45, 2.75) is 18.3 Å². The first kappa shape index (κ1) is 19.4. The van der Waals surface area contributed by atoms with Gasteiger partial charge in [0.15, 0.2) is 11.9 Å². The number of furan rings is 1. The molecule has 1 N–H and O–H groups in total. The molecule has 2 aromatic heterocycles. The SMILES string of the molecule is CCSc1nnc2c(n1)O[C@H](/C=C/c1ccc([N+](=O)[O-])o1)Nc1ccc(Br)cc1-2. The van der Waals surface area contributed by atoms with Gasteiger partial charge in [0.1, 0.15) is 10.7 Å². The van der Waals surface area contributed by atoms with Crippen LogP contribution in [-0.4, -0.2) is 32.1 Å². The molecular formula is C18H14BrN5O4S. The van der Waals surface area contributed by atoms with Crippen molar-refractivity contribution in [2.24, 2.45) is 0 Å². The minimum Gasteiger partial charge on any atom is -0.448 e. The number of anilines is 1. The first-order valence-electron chi connectivity index (χ1n) is 8.56. The number of fused-ring (bicyclic) bond motifs is 3. The van der Waals surface area contributed by atoms with Crippen molar-refractivity contribution in [3.63, 3.8) is 0 Å². The fraction of sp³-hybridized carbons (Fsp3) is 0.167. The van der Waals surface area contributed by atoms with Crippen LogP contribution in [0.4, 0.5) is 11.6 Å². The molecule has 1 aliphatic heterocycles. The van der Waals surface area contributed by atoms with Crippen LogP contribution >= 0.6 is 27.7 Å². The van der Waals surface area contributed by atoms with Gasteiger partial charge in [0.25, 0.3) is 0 Å². The second-order valence-electron chi connectivity index (χ2n) is 5.85. The molecule has 0 radical (unpaired) electrons. The van der Waals surface area contributed by atoms with Crippen molar-refractivity contribution in [2.75, 3.05) is 11.1 Å². The van der Waals surface area contributed by atoms with E-state index in [-0.39, 0.29) is 5.88 Å². The van der Waals surface area contributed by atoms with Crippen LogP contribution in [0.25, 0.3) is 17.3 Å². The lowest BCUT2D eigenvalue weighted by molar-refractivity contribution is -0.402. The summed E-state index contributed by atoms with van der Waals surface area (Å²) in [6.07, 6.45) is 2.69. The van der Waals surface area contributed by atoms with E-state index in [1.54, 1.807) is 12.2 Å². The van der Waals surface area contributed by atoms with E-state index in [2.05, 4.69) is 36.4 Å². The van der Waals surface area contributed by atoms with E-state index < -0.39 is 11.2 Å². The summed E-state index contributed by atoms with van der Waals surface area (Å²) in [5.74, 6) is 1.17. The average molecular weight is 476 g/mol. The Bertz CT molecular complexity index is 1100. The van der Waals surface area contributed by atoms with Crippen LogP contribution < -0.4 is 10.1 Å². The Kier molecular flexibility index (Phi) is 5.49. The Morgan fingerprint density at radius 1 is 1.34 bits per heavy atom. The van der Waals surface area contributed by atoms with Crippen LogP contribution in [0, 0.1) is 10.1 Å². The van der Waals surface area contributed by atoms with Gasteiger partial charge >= 0.3 is 5.88 Å². The maximum atomic E-state index is 10.8. The molecule has 29 heavy (non-hydrogen) atoms. The summed E-state index contributed by atoms with van der Waals surface area (Å²) < 4.78 is 12.1. The third kappa shape index (κ3) is 4.25. The molecule has 0 spiro atoms. The molecular weight excluding hydrogens is 462 g/mol. The van der Waals surface area contributed by atoms with Crippen LogP contribution in [0.15, 0.2) is 50.5 Å². The molecule has 0 unspecified atom stereocenters. The van der Waals surface area contributed by atoms with Gasteiger partial charge in [-0.2, -0.15) is 4.98 Å². The van der Waals surface area contributed by atoms with Gasteiger partial charge in [-0.3, -0.25) is 10.1 Å².